The van der Waals surface area contributed by atoms with Gasteiger partial charge in [0.25, 0.3) is 5.91 Å². The summed E-state index contributed by atoms with van der Waals surface area (Å²) in [5.74, 6) is 0.365. The zero-order valence-corrected chi connectivity index (χ0v) is 17.4. The minimum atomic E-state index is -0.304. The third-order valence-corrected chi connectivity index (χ3v) is 3.76. The van der Waals surface area contributed by atoms with E-state index in [-0.39, 0.29) is 23.9 Å². The van der Waals surface area contributed by atoms with Gasteiger partial charge in [-0.3, -0.25) is 9.59 Å². The maximum Gasteiger partial charge on any atom is 0.251 e. The Morgan fingerprint density at radius 3 is 2.34 bits per heavy atom. The lowest BCUT2D eigenvalue weighted by Crippen LogP contribution is -2.40. The van der Waals surface area contributed by atoms with E-state index in [2.05, 4.69) is 16.0 Å². The largest absolute Gasteiger partial charge is 0.491 e. The molecular weight excluding hydrogens is 370 g/mol. The Labute approximate surface area is 171 Å². The number of hydrogen-bond acceptors (Lipinski definition) is 5. The standard InChI is InChI=1S/C22H29N3O4/c1-22(2,3)25-21(27)16-8-10-17(11-9-16)24-20(26)15-23-18-6-5-7-19(14-18)29-13-12-28-4/h5-11,14,23H,12-13,15H2,1-4H3,(H,24,26)(H,25,27). The molecule has 0 spiro atoms. The predicted molar refractivity (Wildman–Crippen MR) is 115 cm³/mol. The number of anilines is 2. The van der Waals surface area contributed by atoms with Gasteiger partial charge in [0.15, 0.2) is 0 Å². The lowest BCUT2D eigenvalue weighted by molar-refractivity contribution is -0.114. The lowest BCUT2D eigenvalue weighted by atomic mass is 10.1. The van der Waals surface area contributed by atoms with Gasteiger partial charge in [0.1, 0.15) is 12.4 Å². The second kappa shape index (κ2) is 10.5. The fraction of sp³-hybridized carbons (Fsp3) is 0.364. The Morgan fingerprint density at radius 1 is 0.966 bits per heavy atom. The number of carbonyl (C=O) groups excluding carboxylic acids is 2. The van der Waals surface area contributed by atoms with Crippen LogP contribution in [0.15, 0.2) is 48.5 Å². The summed E-state index contributed by atoms with van der Waals surface area (Å²) in [4.78, 5) is 24.3. The van der Waals surface area contributed by atoms with Gasteiger partial charge < -0.3 is 25.4 Å². The van der Waals surface area contributed by atoms with E-state index in [4.69, 9.17) is 9.47 Å². The Bertz CT molecular complexity index is 814. The number of methoxy groups -OCH3 is 1. The van der Waals surface area contributed by atoms with Crippen molar-refractivity contribution in [2.45, 2.75) is 26.3 Å². The summed E-state index contributed by atoms with van der Waals surface area (Å²) in [6.07, 6.45) is 0. The molecule has 0 saturated carbocycles. The molecule has 0 unspecified atom stereocenters. The summed E-state index contributed by atoms with van der Waals surface area (Å²) in [5, 5.41) is 8.77. The molecule has 0 aliphatic rings. The Balaban J connectivity index is 1.83. The molecule has 0 fully saturated rings. The molecule has 156 valence electrons. The zero-order chi connectivity index (χ0) is 21.3. The molecule has 2 aromatic carbocycles. The fourth-order valence-electron chi connectivity index (χ4n) is 2.44. The van der Waals surface area contributed by atoms with Gasteiger partial charge in [-0.1, -0.05) is 6.07 Å². The molecule has 0 atom stereocenters. The highest BCUT2D eigenvalue weighted by Crippen LogP contribution is 2.17. The summed E-state index contributed by atoms with van der Waals surface area (Å²) in [6, 6.07) is 14.2. The maximum absolute atomic E-state index is 12.2. The SMILES string of the molecule is COCCOc1cccc(NCC(=O)Nc2ccc(C(=O)NC(C)(C)C)cc2)c1. The van der Waals surface area contributed by atoms with E-state index in [1.807, 2.05) is 45.0 Å². The zero-order valence-electron chi connectivity index (χ0n) is 17.4. The van der Waals surface area contributed by atoms with Crippen LogP contribution in [0.3, 0.4) is 0 Å². The molecular formula is C22H29N3O4. The molecule has 0 aliphatic carbocycles. The van der Waals surface area contributed by atoms with Crippen LogP contribution in [-0.2, 0) is 9.53 Å². The van der Waals surface area contributed by atoms with Crippen molar-refractivity contribution in [1.29, 1.82) is 0 Å². The molecule has 7 nitrogen and oxygen atoms in total. The summed E-state index contributed by atoms with van der Waals surface area (Å²) in [5.41, 5.74) is 1.65. The number of amides is 2. The van der Waals surface area contributed by atoms with E-state index >= 15 is 0 Å². The van der Waals surface area contributed by atoms with Crippen molar-refractivity contribution < 1.29 is 19.1 Å². The van der Waals surface area contributed by atoms with Crippen LogP contribution >= 0.6 is 0 Å². The second-order valence-electron chi connectivity index (χ2n) is 7.55. The third-order valence-electron chi connectivity index (χ3n) is 3.76. The van der Waals surface area contributed by atoms with Gasteiger partial charge >= 0.3 is 0 Å². The van der Waals surface area contributed by atoms with Gasteiger partial charge in [-0.05, 0) is 57.2 Å². The van der Waals surface area contributed by atoms with Crippen LogP contribution in [0.5, 0.6) is 5.75 Å². The number of hydrogen-bond donors (Lipinski definition) is 3. The number of ether oxygens (including phenoxy) is 2. The molecule has 0 saturated heterocycles. The van der Waals surface area contributed by atoms with Crippen LogP contribution in [0.1, 0.15) is 31.1 Å². The van der Waals surface area contributed by atoms with E-state index in [0.29, 0.717) is 30.2 Å². The average Bonchev–Trinajstić information content (AvgIpc) is 2.66. The van der Waals surface area contributed by atoms with Gasteiger partial charge in [-0.25, -0.2) is 0 Å². The monoisotopic (exact) mass is 399 g/mol. The maximum atomic E-state index is 12.2. The molecule has 0 aliphatic heterocycles. The van der Waals surface area contributed by atoms with Crippen LogP contribution in [0.4, 0.5) is 11.4 Å². The van der Waals surface area contributed by atoms with Gasteiger partial charge in [-0.2, -0.15) is 0 Å². The van der Waals surface area contributed by atoms with Crippen LogP contribution < -0.4 is 20.7 Å². The van der Waals surface area contributed by atoms with Gasteiger partial charge in [0.2, 0.25) is 5.91 Å². The highest BCUT2D eigenvalue weighted by atomic mass is 16.5. The normalized spacial score (nSPS) is 10.9. The molecule has 2 amide bonds. The minimum Gasteiger partial charge on any atom is -0.491 e. The number of nitrogens with one attached hydrogen (secondary N) is 3. The van der Waals surface area contributed by atoms with Crippen molar-refractivity contribution in [2.75, 3.05) is 37.5 Å². The van der Waals surface area contributed by atoms with E-state index < -0.39 is 0 Å². The number of benzene rings is 2. The van der Waals surface area contributed by atoms with Gasteiger partial charge in [-0.15, -0.1) is 0 Å². The van der Waals surface area contributed by atoms with Crippen molar-refractivity contribution in [1.82, 2.24) is 5.32 Å². The lowest BCUT2D eigenvalue weighted by Gasteiger charge is -2.20. The molecule has 0 radical (unpaired) electrons. The first-order valence-electron chi connectivity index (χ1n) is 9.45. The molecule has 0 bridgehead atoms. The molecule has 3 N–H and O–H groups in total. The number of carbonyl (C=O) groups is 2. The van der Waals surface area contributed by atoms with E-state index in [0.717, 1.165) is 5.69 Å². The average molecular weight is 399 g/mol. The molecule has 29 heavy (non-hydrogen) atoms. The van der Waals surface area contributed by atoms with Crippen molar-refractivity contribution in [2.24, 2.45) is 0 Å². The van der Waals surface area contributed by atoms with Crippen LogP contribution in [0.25, 0.3) is 0 Å². The number of rotatable bonds is 9. The van der Waals surface area contributed by atoms with Gasteiger partial charge in [0, 0.05) is 35.7 Å². The smallest absolute Gasteiger partial charge is 0.251 e. The van der Waals surface area contributed by atoms with Crippen molar-refractivity contribution in [3.05, 3.63) is 54.1 Å². The van der Waals surface area contributed by atoms with E-state index in [9.17, 15) is 9.59 Å². The third kappa shape index (κ3) is 8.23. The predicted octanol–water partition coefficient (Wildman–Crippen LogP) is 3.29. The van der Waals surface area contributed by atoms with E-state index in [1.54, 1.807) is 31.4 Å². The van der Waals surface area contributed by atoms with Gasteiger partial charge in [0.05, 0.1) is 13.2 Å². The van der Waals surface area contributed by atoms with Crippen LogP contribution in [0.2, 0.25) is 0 Å². The van der Waals surface area contributed by atoms with Crippen molar-refractivity contribution in [3.8, 4) is 5.75 Å². The summed E-state index contributed by atoms with van der Waals surface area (Å²) < 4.78 is 10.5. The first-order chi connectivity index (χ1) is 13.8. The second-order valence-corrected chi connectivity index (χ2v) is 7.55. The summed E-state index contributed by atoms with van der Waals surface area (Å²) >= 11 is 0. The molecule has 2 rings (SSSR count). The Kier molecular flexibility index (Phi) is 8.03. The van der Waals surface area contributed by atoms with Crippen molar-refractivity contribution in [3.63, 3.8) is 0 Å². The molecule has 2 aromatic rings. The molecule has 7 heteroatoms. The quantitative estimate of drug-likeness (QED) is 0.563. The van der Waals surface area contributed by atoms with Crippen LogP contribution in [0, 0.1) is 0 Å². The summed E-state index contributed by atoms with van der Waals surface area (Å²) in [7, 11) is 1.62. The summed E-state index contributed by atoms with van der Waals surface area (Å²) in [6.45, 7) is 6.85. The highest BCUT2D eigenvalue weighted by Gasteiger charge is 2.15. The molecule has 0 heterocycles. The highest BCUT2D eigenvalue weighted by molar-refractivity contribution is 5.97. The Morgan fingerprint density at radius 2 is 1.69 bits per heavy atom. The minimum absolute atomic E-state index is 0.105. The van der Waals surface area contributed by atoms with E-state index in [1.165, 1.54) is 0 Å². The molecule has 0 aromatic heterocycles. The first-order valence-corrected chi connectivity index (χ1v) is 9.45. The van der Waals surface area contributed by atoms with Crippen LogP contribution in [-0.4, -0.2) is 44.2 Å². The first kappa shape index (κ1) is 22.2. The Hall–Kier alpha value is -3.06. The topological polar surface area (TPSA) is 88.7 Å². The van der Waals surface area contributed by atoms with Crippen molar-refractivity contribution >= 4 is 23.2 Å². The fourth-order valence-corrected chi connectivity index (χ4v) is 2.44.